The molecule has 1 heterocycles. The monoisotopic (exact) mass is 292 g/mol. The van der Waals surface area contributed by atoms with E-state index in [-0.39, 0.29) is 6.61 Å². The number of ether oxygens (including phenoxy) is 1. The Morgan fingerprint density at radius 3 is 2.55 bits per heavy atom. The first-order valence-corrected chi connectivity index (χ1v) is 5.39. The summed E-state index contributed by atoms with van der Waals surface area (Å²) in [5, 5.41) is 0. The molecule has 0 unspecified atom stereocenters. The lowest BCUT2D eigenvalue weighted by Gasteiger charge is -2.12. The van der Waals surface area contributed by atoms with Crippen LogP contribution in [-0.2, 0) is 15.7 Å². The predicted octanol–water partition coefficient (Wildman–Crippen LogP) is 1.14. The quantitative estimate of drug-likeness (QED) is 0.638. The van der Waals surface area contributed by atoms with Gasteiger partial charge in [0.05, 0.1) is 6.61 Å². The molecular formula is C10H11F3N4O3. The zero-order valence-corrected chi connectivity index (χ0v) is 10.5. The Morgan fingerprint density at radius 2 is 2.05 bits per heavy atom. The number of hydrogen-bond acceptors (Lipinski definition) is 6. The van der Waals surface area contributed by atoms with Gasteiger partial charge in [-0.25, -0.2) is 14.8 Å². The van der Waals surface area contributed by atoms with E-state index < -0.39 is 35.3 Å². The second kappa shape index (κ2) is 6.17. The van der Waals surface area contributed by atoms with Gasteiger partial charge in [-0.1, -0.05) is 0 Å². The van der Waals surface area contributed by atoms with Crippen LogP contribution < -0.4 is 10.9 Å². The Hall–Kier alpha value is -2.39. The van der Waals surface area contributed by atoms with Gasteiger partial charge in [0, 0.05) is 13.1 Å². The first kappa shape index (κ1) is 15.7. The van der Waals surface area contributed by atoms with Crippen LogP contribution in [0.1, 0.15) is 29.9 Å². The van der Waals surface area contributed by atoms with Crippen molar-refractivity contribution < 1.29 is 27.5 Å². The molecule has 0 saturated heterocycles. The summed E-state index contributed by atoms with van der Waals surface area (Å²) in [7, 11) is 0. The van der Waals surface area contributed by atoms with Gasteiger partial charge in [-0.2, -0.15) is 13.2 Å². The van der Waals surface area contributed by atoms with Gasteiger partial charge in [0.2, 0.25) is 11.9 Å². The lowest BCUT2D eigenvalue weighted by atomic mass is 10.2. The highest BCUT2D eigenvalue weighted by molar-refractivity contribution is 5.90. The smallest absolute Gasteiger partial charge is 0.434 e. The highest BCUT2D eigenvalue weighted by atomic mass is 19.4. The summed E-state index contributed by atoms with van der Waals surface area (Å²) in [4.78, 5) is 28.7. The van der Waals surface area contributed by atoms with Gasteiger partial charge >= 0.3 is 12.1 Å². The van der Waals surface area contributed by atoms with Crippen LogP contribution in [0.25, 0.3) is 0 Å². The molecule has 0 saturated carbocycles. The number of aromatic nitrogens is 2. The molecule has 110 valence electrons. The third kappa shape index (κ3) is 4.07. The van der Waals surface area contributed by atoms with E-state index in [0.717, 1.165) is 6.92 Å². The fraction of sp³-hybridized carbons (Fsp3) is 0.400. The molecule has 7 nitrogen and oxygen atoms in total. The van der Waals surface area contributed by atoms with Crippen molar-refractivity contribution in [2.24, 2.45) is 0 Å². The zero-order valence-electron chi connectivity index (χ0n) is 10.5. The molecule has 20 heavy (non-hydrogen) atoms. The summed E-state index contributed by atoms with van der Waals surface area (Å²) in [5.74, 6) is -2.22. The number of esters is 1. The van der Waals surface area contributed by atoms with Crippen LogP contribution in [0.15, 0.2) is 6.20 Å². The molecule has 10 heteroatoms. The van der Waals surface area contributed by atoms with Gasteiger partial charge in [-0.3, -0.25) is 15.6 Å². The normalized spacial score (nSPS) is 10.8. The molecule has 1 rings (SSSR count). The van der Waals surface area contributed by atoms with Crippen LogP contribution in [0.3, 0.4) is 0 Å². The Kier molecular flexibility index (Phi) is 4.83. The van der Waals surface area contributed by atoms with Gasteiger partial charge in [0.25, 0.3) is 0 Å². The van der Waals surface area contributed by atoms with Crippen LogP contribution in [0.2, 0.25) is 0 Å². The number of hydrazine groups is 1. The van der Waals surface area contributed by atoms with Gasteiger partial charge in [0.1, 0.15) is 5.56 Å². The van der Waals surface area contributed by atoms with Crippen molar-refractivity contribution in [1.82, 2.24) is 15.4 Å². The number of carbonyl (C=O) groups is 2. The van der Waals surface area contributed by atoms with Gasteiger partial charge < -0.3 is 4.74 Å². The van der Waals surface area contributed by atoms with Crippen LogP contribution in [0.5, 0.6) is 0 Å². The Balaban J connectivity index is 3.13. The average Bonchev–Trinajstić information content (AvgIpc) is 2.35. The van der Waals surface area contributed by atoms with Crippen LogP contribution >= 0.6 is 0 Å². The number of amides is 1. The molecule has 0 spiro atoms. The van der Waals surface area contributed by atoms with Crippen molar-refractivity contribution in [2.45, 2.75) is 20.0 Å². The molecule has 0 aliphatic rings. The zero-order chi connectivity index (χ0) is 15.3. The maximum atomic E-state index is 12.8. The summed E-state index contributed by atoms with van der Waals surface area (Å²) in [5.41, 5.74) is 1.85. The topological polar surface area (TPSA) is 93.2 Å². The number of nitrogens with one attached hydrogen (secondary N) is 2. The van der Waals surface area contributed by atoms with Crippen molar-refractivity contribution in [1.29, 1.82) is 0 Å². The fourth-order valence-corrected chi connectivity index (χ4v) is 1.16. The minimum absolute atomic E-state index is 0.0813. The summed E-state index contributed by atoms with van der Waals surface area (Å²) >= 11 is 0. The van der Waals surface area contributed by atoms with Crippen LogP contribution in [0.4, 0.5) is 19.1 Å². The summed E-state index contributed by atoms with van der Waals surface area (Å²) in [6, 6.07) is 0. The maximum absolute atomic E-state index is 12.8. The second-order valence-electron chi connectivity index (χ2n) is 3.48. The number of carbonyl (C=O) groups excluding carboxylic acids is 2. The fourth-order valence-electron chi connectivity index (χ4n) is 1.16. The van der Waals surface area contributed by atoms with E-state index in [1.165, 1.54) is 6.92 Å². The van der Waals surface area contributed by atoms with Crippen molar-refractivity contribution in [2.75, 3.05) is 12.0 Å². The minimum atomic E-state index is -4.86. The van der Waals surface area contributed by atoms with Crippen molar-refractivity contribution in [3.8, 4) is 0 Å². The molecule has 0 aromatic carbocycles. The van der Waals surface area contributed by atoms with E-state index in [0.29, 0.717) is 6.20 Å². The maximum Gasteiger partial charge on any atom is 0.434 e. The van der Waals surface area contributed by atoms with Crippen LogP contribution in [0, 0.1) is 0 Å². The van der Waals surface area contributed by atoms with Crippen molar-refractivity contribution >= 4 is 17.8 Å². The average molecular weight is 292 g/mol. The molecule has 0 bridgehead atoms. The van der Waals surface area contributed by atoms with Crippen LogP contribution in [-0.4, -0.2) is 28.5 Å². The standard InChI is InChI=1S/C10H11F3N4O3/c1-3-20-8(19)6-4-14-9(17-16-5(2)18)15-7(6)10(11,12)13/h4H,3H2,1-2H3,(H,16,18)(H,14,15,17). The minimum Gasteiger partial charge on any atom is -0.462 e. The molecule has 2 N–H and O–H groups in total. The number of hydrogen-bond donors (Lipinski definition) is 2. The SMILES string of the molecule is CCOC(=O)c1cnc(NNC(C)=O)nc1C(F)(F)F. The summed E-state index contributed by atoms with van der Waals surface area (Å²) in [6.45, 7) is 2.52. The van der Waals surface area contributed by atoms with Gasteiger partial charge in [-0.15, -0.1) is 0 Å². The summed E-state index contributed by atoms with van der Waals surface area (Å²) < 4.78 is 42.9. The summed E-state index contributed by atoms with van der Waals surface area (Å²) in [6.07, 6.45) is -4.18. The van der Waals surface area contributed by atoms with E-state index in [1.54, 1.807) is 0 Å². The highest BCUT2D eigenvalue weighted by Gasteiger charge is 2.38. The second-order valence-corrected chi connectivity index (χ2v) is 3.48. The lowest BCUT2D eigenvalue weighted by molar-refractivity contribution is -0.141. The Bertz CT molecular complexity index is 519. The number of anilines is 1. The van der Waals surface area contributed by atoms with E-state index in [1.807, 2.05) is 5.43 Å². The van der Waals surface area contributed by atoms with E-state index in [9.17, 15) is 22.8 Å². The molecule has 0 aliphatic carbocycles. The van der Waals surface area contributed by atoms with E-state index in [2.05, 4.69) is 20.1 Å². The number of nitrogens with zero attached hydrogens (tertiary/aromatic N) is 2. The molecule has 1 amide bonds. The molecule has 0 aliphatic heterocycles. The first-order chi connectivity index (χ1) is 9.25. The number of alkyl halides is 3. The molecule has 1 aromatic heterocycles. The molecule has 0 radical (unpaired) electrons. The predicted molar refractivity (Wildman–Crippen MR) is 60.4 cm³/mol. The molecular weight excluding hydrogens is 281 g/mol. The van der Waals surface area contributed by atoms with Gasteiger partial charge in [-0.05, 0) is 6.92 Å². The van der Waals surface area contributed by atoms with Gasteiger partial charge in [0.15, 0.2) is 5.69 Å². The largest absolute Gasteiger partial charge is 0.462 e. The molecule has 0 fully saturated rings. The van der Waals surface area contributed by atoms with E-state index in [4.69, 9.17) is 0 Å². The molecule has 1 aromatic rings. The van der Waals surface area contributed by atoms with E-state index >= 15 is 0 Å². The van der Waals surface area contributed by atoms with Crippen molar-refractivity contribution in [3.63, 3.8) is 0 Å². The third-order valence-corrected chi connectivity index (χ3v) is 1.90. The highest BCUT2D eigenvalue weighted by Crippen LogP contribution is 2.31. The number of rotatable bonds is 4. The van der Waals surface area contributed by atoms with Crippen molar-refractivity contribution in [3.05, 3.63) is 17.5 Å². The first-order valence-electron chi connectivity index (χ1n) is 5.39. The Labute approximate surface area is 111 Å². The Morgan fingerprint density at radius 1 is 1.40 bits per heavy atom. The molecule has 0 atom stereocenters. The number of halogens is 3. The third-order valence-electron chi connectivity index (χ3n) is 1.90. The lowest BCUT2D eigenvalue weighted by Crippen LogP contribution is -2.29.